The van der Waals surface area contributed by atoms with Gasteiger partial charge < -0.3 is 9.32 Å². The van der Waals surface area contributed by atoms with Crippen molar-refractivity contribution < 1.29 is 4.42 Å². The van der Waals surface area contributed by atoms with E-state index in [1.54, 1.807) is 0 Å². The van der Waals surface area contributed by atoms with E-state index in [0.29, 0.717) is 0 Å². The van der Waals surface area contributed by atoms with Crippen molar-refractivity contribution in [3.8, 4) is 22.3 Å². The summed E-state index contributed by atoms with van der Waals surface area (Å²) in [5.41, 5.74) is 10.5. The van der Waals surface area contributed by atoms with Gasteiger partial charge in [-0.05, 0) is 80.3 Å². The van der Waals surface area contributed by atoms with Crippen molar-refractivity contribution in [1.29, 1.82) is 0 Å². The fourth-order valence-corrected chi connectivity index (χ4v) is 13.0. The highest BCUT2D eigenvalue weighted by Gasteiger charge is 2.40. The van der Waals surface area contributed by atoms with Gasteiger partial charge in [-0.3, -0.25) is 0 Å². The Morgan fingerprint density at radius 1 is 0.519 bits per heavy atom. The molecule has 0 fully saturated rings. The number of furan rings is 1. The molecule has 0 aliphatic carbocycles. The van der Waals surface area contributed by atoms with E-state index >= 15 is 0 Å². The van der Waals surface area contributed by atoms with Gasteiger partial charge in [0.05, 0.1) is 10.4 Å². The van der Waals surface area contributed by atoms with Crippen LogP contribution in [0.25, 0.3) is 75.1 Å². The number of benzene rings is 8. The van der Waals surface area contributed by atoms with Gasteiger partial charge in [0.25, 0.3) is 0 Å². The highest BCUT2D eigenvalue weighted by atomic mass is 32.1. The fourth-order valence-electron chi connectivity index (χ4n) is 8.75. The molecule has 0 atom stereocenters. The first kappa shape index (κ1) is 29.8. The van der Waals surface area contributed by atoms with Crippen LogP contribution in [0.1, 0.15) is 0 Å². The SMILES string of the molecule is C[Si]1(C)c2cc(N(c3cccc(-c4cccc5ccccc45)c3)c3cccc4c3sc3ccccc34)ccc2-c2c1ccc1c2oc2ccccc21. The maximum atomic E-state index is 6.64. The fraction of sp³-hybridized carbons (Fsp3) is 0.0417. The summed E-state index contributed by atoms with van der Waals surface area (Å²) in [6, 6.07) is 60.3. The van der Waals surface area contributed by atoms with Crippen molar-refractivity contribution in [2.45, 2.75) is 13.1 Å². The Morgan fingerprint density at radius 3 is 2.17 bits per heavy atom. The summed E-state index contributed by atoms with van der Waals surface area (Å²) in [4.78, 5) is 2.50. The molecule has 0 saturated carbocycles. The highest BCUT2D eigenvalue weighted by molar-refractivity contribution is 7.26. The minimum absolute atomic E-state index is 0.948. The average molecular weight is 700 g/mol. The number of hydrogen-bond acceptors (Lipinski definition) is 3. The molecule has 0 saturated heterocycles. The summed E-state index contributed by atoms with van der Waals surface area (Å²) >= 11 is 1.88. The zero-order chi connectivity index (χ0) is 34.6. The van der Waals surface area contributed by atoms with Crippen LogP contribution >= 0.6 is 11.3 Å². The van der Waals surface area contributed by atoms with Crippen LogP contribution in [0.5, 0.6) is 0 Å². The predicted octanol–water partition coefficient (Wildman–Crippen LogP) is 13.0. The molecular formula is C48H33NOSSi. The van der Waals surface area contributed by atoms with Gasteiger partial charge in [-0.25, -0.2) is 0 Å². The monoisotopic (exact) mass is 699 g/mol. The lowest BCUT2D eigenvalue weighted by Gasteiger charge is -2.28. The Balaban J connectivity index is 1.15. The van der Waals surface area contributed by atoms with E-state index in [0.717, 1.165) is 16.9 Å². The van der Waals surface area contributed by atoms with Gasteiger partial charge in [0.15, 0.2) is 0 Å². The van der Waals surface area contributed by atoms with Crippen LogP contribution in [0.2, 0.25) is 13.1 Å². The molecule has 0 amide bonds. The van der Waals surface area contributed by atoms with Crippen LogP contribution in [0.3, 0.4) is 0 Å². The van der Waals surface area contributed by atoms with Gasteiger partial charge in [0.2, 0.25) is 0 Å². The van der Waals surface area contributed by atoms with Gasteiger partial charge in [0, 0.05) is 43.2 Å². The number of para-hydroxylation sites is 1. The van der Waals surface area contributed by atoms with Crippen LogP contribution in [-0.4, -0.2) is 8.07 Å². The summed E-state index contributed by atoms with van der Waals surface area (Å²) in [7, 11) is -2.09. The molecular weight excluding hydrogens is 667 g/mol. The second-order valence-corrected chi connectivity index (χ2v) is 19.9. The molecule has 4 heteroatoms. The van der Waals surface area contributed by atoms with Gasteiger partial charge in [-0.15, -0.1) is 11.3 Å². The molecule has 52 heavy (non-hydrogen) atoms. The van der Waals surface area contributed by atoms with Gasteiger partial charge in [0.1, 0.15) is 19.2 Å². The number of hydrogen-bond donors (Lipinski definition) is 0. The van der Waals surface area contributed by atoms with Crippen LogP contribution in [-0.2, 0) is 0 Å². The Kier molecular flexibility index (Phi) is 6.31. The normalized spacial score (nSPS) is 13.3. The zero-order valence-electron chi connectivity index (χ0n) is 28.9. The molecule has 10 aromatic rings. The summed E-state index contributed by atoms with van der Waals surface area (Å²) in [5.74, 6) is 0. The molecule has 0 unspecified atom stereocenters. The quantitative estimate of drug-likeness (QED) is 0.170. The summed E-state index contributed by atoms with van der Waals surface area (Å²) in [6.07, 6.45) is 0. The first-order valence-corrected chi connectivity index (χ1v) is 21.7. The molecule has 2 nitrogen and oxygen atoms in total. The second-order valence-electron chi connectivity index (χ2n) is 14.5. The number of rotatable bonds is 4. The van der Waals surface area contributed by atoms with E-state index in [4.69, 9.17) is 4.42 Å². The molecule has 0 N–H and O–H groups in total. The largest absolute Gasteiger partial charge is 0.455 e. The lowest BCUT2D eigenvalue weighted by molar-refractivity contribution is 0.670. The van der Waals surface area contributed by atoms with Crippen molar-refractivity contribution >= 4 is 99.7 Å². The lowest BCUT2D eigenvalue weighted by Crippen LogP contribution is -2.49. The van der Waals surface area contributed by atoms with Crippen LogP contribution < -0.4 is 15.3 Å². The third-order valence-corrected chi connectivity index (χ3v) is 16.0. The Hall–Kier alpha value is -5.94. The van der Waals surface area contributed by atoms with E-state index in [1.165, 1.54) is 85.7 Å². The first-order valence-electron chi connectivity index (χ1n) is 17.9. The Morgan fingerprint density at radius 2 is 1.25 bits per heavy atom. The summed E-state index contributed by atoms with van der Waals surface area (Å²) < 4.78 is 9.24. The second kappa shape index (κ2) is 11.0. The van der Waals surface area contributed by atoms with Crippen molar-refractivity contribution in [3.63, 3.8) is 0 Å². The van der Waals surface area contributed by atoms with Crippen LogP contribution in [0.15, 0.2) is 168 Å². The van der Waals surface area contributed by atoms with Crippen molar-refractivity contribution in [3.05, 3.63) is 164 Å². The van der Waals surface area contributed by atoms with E-state index in [2.05, 4.69) is 182 Å². The molecule has 11 rings (SSSR count). The Bertz CT molecular complexity index is 3070. The minimum Gasteiger partial charge on any atom is -0.455 e. The molecule has 1 aliphatic heterocycles. The van der Waals surface area contributed by atoms with Crippen molar-refractivity contribution in [2.24, 2.45) is 0 Å². The molecule has 0 spiro atoms. The molecule has 2 aromatic heterocycles. The van der Waals surface area contributed by atoms with E-state index in [1.807, 2.05) is 11.3 Å². The number of anilines is 3. The average Bonchev–Trinajstić information content (AvgIpc) is 3.83. The van der Waals surface area contributed by atoms with Gasteiger partial charge in [-0.2, -0.15) is 0 Å². The van der Waals surface area contributed by atoms with Crippen LogP contribution in [0.4, 0.5) is 17.1 Å². The Labute approximate surface area is 306 Å². The highest BCUT2D eigenvalue weighted by Crippen LogP contribution is 2.47. The third kappa shape index (κ3) is 4.22. The first-order chi connectivity index (χ1) is 25.5. The molecule has 0 bridgehead atoms. The van der Waals surface area contributed by atoms with E-state index in [-0.39, 0.29) is 0 Å². The zero-order valence-corrected chi connectivity index (χ0v) is 30.7. The lowest BCUT2D eigenvalue weighted by atomic mass is 9.97. The van der Waals surface area contributed by atoms with E-state index < -0.39 is 8.07 Å². The predicted molar refractivity (Wildman–Crippen MR) is 226 cm³/mol. The third-order valence-electron chi connectivity index (χ3n) is 11.3. The minimum atomic E-state index is -2.09. The van der Waals surface area contributed by atoms with Crippen LogP contribution in [0, 0.1) is 0 Å². The molecule has 1 aliphatic rings. The maximum Gasteiger partial charge on any atom is 0.143 e. The van der Waals surface area contributed by atoms with Gasteiger partial charge >= 0.3 is 0 Å². The summed E-state index contributed by atoms with van der Waals surface area (Å²) in [5, 5.41) is 10.4. The molecule has 8 aromatic carbocycles. The summed E-state index contributed by atoms with van der Waals surface area (Å²) in [6.45, 7) is 4.99. The van der Waals surface area contributed by atoms with Crippen molar-refractivity contribution in [1.82, 2.24) is 0 Å². The molecule has 3 heterocycles. The van der Waals surface area contributed by atoms with Crippen molar-refractivity contribution in [2.75, 3.05) is 4.90 Å². The smallest absolute Gasteiger partial charge is 0.143 e. The topological polar surface area (TPSA) is 16.4 Å². The van der Waals surface area contributed by atoms with Gasteiger partial charge in [-0.1, -0.05) is 134 Å². The van der Waals surface area contributed by atoms with E-state index in [9.17, 15) is 0 Å². The standard InChI is InChI=1S/C48H33NOSSi/c1-52(2)44-27-26-38-36-17-5-7-22-42(36)50-47(38)46(44)40-25-24-33(29-45(40)52)49(41-21-11-20-39-37-18-6-8-23-43(37)51-48(39)41)32-15-9-14-31(28-32)35-19-10-13-30-12-3-4-16-34(30)35/h3-29H,1-2H3. The molecule has 0 radical (unpaired) electrons. The number of thiophene rings is 1. The number of nitrogens with zero attached hydrogens (tertiary/aromatic N) is 1. The maximum absolute atomic E-state index is 6.64. The number of fused-ring (bicyclic) bond motifs is 11. The molecule has 246 valence electrons.